The van der Waals surface area contributed by atoms with Crippen molar-refractivity contribution in [2.45, 2.75) is 77.5 Å². The van der Waals surface area contributed by atoms with Crippen molar-refractivity contribution in [2.75, 3.05) is 0 Å². The zero-order valence-electron chi connectivity index (χ0n) is 11.0. The van der Waals surface area contributed by atoms with Crippen LogP contribution >= 0.6 is 0 Å². The quantitative estimate of drug-likeness (QED) is 0.719. The van der Waals surface area contributed by atoms with E-state index in [1.807, 2.05) is 0 Å². The molecule has 2 heteroatoms. The Morgan fingerprint density at radius 1 is 1.12 bits per heavy atom. The summed E-state index contributed by atoms with van der Waals surface area (Å²) in [5.41, 5.74) is 0.116. The van der Waals surface area contributed by atoms with E-state index < -0.39 is 0 Å². The Morgan fingerprint density at radius 2 is 1.88 bits per heavy atom. The fourth-order valence-corrected chi connectivity index (χ4v) is 3.61. The molecule has 2 rings (SSSR count). The van der Waals surface area contributed by atoms with E-state index in [0.717, 1.165) is 0 Å². The molecule has 2 fully saturated rings. The van der Waals surface area contributed by atoms with Crippen molar-refractivity contribution in [1.29, 1.82) is 0 Å². The predicted octanol–water partition coefficient (Wildman–Crippen LogP) is 2.70. The SMILES string of the molecule is CC1CCCC(C2CCCC(C)(C)C2O)N1. The summed E-state index contributed by atoms with van der Waals surface area (Å²) in [5.74, 6) is 0.478. The molecule has 1 saturated carbocycles. The Balaban J connectivity index is 2.02. The van der Waals surface area contributed by atoms with Gasteiger partial charge in [-0.25, -0.2) is 0 Å². The van der Waals surface area contributed by atoms with Crippen LogP contribution in [0.3, 0.4) is 0 Å². The Hall–Kier alpha value is -0.0800. The molecular formula is C14H27NO. The van der Waals surface area contributed by atoms with Gasteiger partial charge in [-0.3, -0.25) is 0 Å². The molecule has 0 radical (unpaired) electrons. The first kappa shape index (κ1) is 12.4. The first-order valence-electron chi connectivity index (χ1n) is 6.95. The van der Waals surface area contributed by atoms with E-state index in [4.69, 9.17) is 0 Å². The van der Waals surface area contributed by atoms with Crippen LogP contribution in [0, 0.1) is 11.3 Å². The van der Waals surface area contributed by atoms with E-state index in [1.165, 1.54) is 38.5 Å². The third-order valence-corrected chi connectivity index (χ3v) is 4.73. The van der Waals surface area contributed by atoms with Gasteiger partial charge in [-0.1, -0.05) is 26.7 Å². The van der Waals surface area contributed by atoms with Gasteiger partial charge in [-0.15, -0.1) is 0 Å². The number of aliphatic hydroxyl groups excluding tert-OH is 1. The van der Waals surface area contributed by atoms with Crippen molar-refractivity contribution in [1.82, 2.24) is 5.32 Å². The Labute approximate surface area is 99.8 Å². The zero-order valence-corrected chi connectivity index (χ0v) is 11.0. The number of hydrogen-bond acceptors (Lipinski definition) is 2. The van der Waals surface area contributed by atoms with Gasteiger partial charge in [0.05, 0.1) is 6.10 Å². The average Bonchev–Trinajstić information content (AvgIpc) is 2.22. The largest absolute Gasteiger partial charge is 0.392 e. The summed E-state index contributed by atoms with van der Waals surface area (Å²) in [6.07, 6.45) is 7.40. The number of rotatable bonds is 1. The highest BCUT2D eigenvalue weighted by atomic mass is 16.3. The molecule has 0 bridgehead atoms. The molecule has 0 amide bonds. The maximum absolute atomic E-state index is 10.5. The number of aliphatic hydroxyl groups is 1. The molecule has 0 aromatic heterocycles. The fourth-order valence-electron chi connectivity index (χ4n) is 3.61. The van der Waals surface area contributed by atoms with Crippen molar-refractivity contribution >= 4 is 0 Å². The molecule has 0 spiro atoms. The lowest BCUT2D eigenvalue weighted by Gasteiger charge is -2.46. The van der Waals surface area contributed by atoms with E-state index in [1.54, 1.807) is 0 Å². The summed E-state index contributed by atoms with van der Waals surface area (Å²) in [6, 6.07) is 1.19. The average molecular weight is 225 g/mol. The molecule has 1 saturated heterocycles. The molecule has 2 aliphatic rings. The molecule has 4 unspecified atom stereocenters. The van der Waals surface area contributed by atoms with E-state index in [0.29, 0.717) is 18.0 Å². The van der Waals surface area contributed by atoms with Crippen LogP contribution in [0.15, 0.2) is 0 Å². The standard InChI is InChI=1S/C14H27NO/c1-10-6-4-8-12(15-10)11-7-5-9-14(2,3)13(11)16/h10-13,15-16H,4-9H2,1-3H3. The van der Waals surface area contributed by atoms with E-state index in [-0.39, 0.29) is 11.5 Å². The van der Waals surface area contributed by atoms with Crippen LogP contribution in [0.2, 0.25) is 0 Å². The molecule has 4 atom stereocenters. The monoisotopic (exact) mass is 225 g/mol. The molecule has 2 N–H and O–H groups in total. The normalized spacial score (nSPS) is 44.2. The van der Waals surface area contributed by atoms with Gasteiger partial charge in [-0.05, 0) is 38.0 Å². The topological polar surface area (TPSA) is 32.3 Å². The maximum Gasteiger partial charge on any atom is 0.0634 e. The van der Waals surface area contributed by atoms with E-state index in [2.05, 4.69) is 26.1 Å². The van der Waals surface area contributed by atoms with Crippen LogP contribution in [-0.4, -0.2) is 23.3 Å². The first-order valence-corrected chi connectivity index (χ1v) is 6.95. The highest BCUT2D eigenvalue weighted by molar-refractivity contribution is 4.95. The minimum Gasteiger partial charge on any atom is -0.392 e. The zero-order chi connectivity index (χ0) is 11.8. The van der Waals surface area contributed by atoms with Gasteiger partial charge >= 0.3 is 0 Å². The lowest BCUT2D eigenvalue weighted by Crippen LogP contribution is -2.53. The Kier molecular flexibility index (Phi) is 3.60. The summed E-state index contributed by atoms with van der Waals surface area (Å²) in [4.78, 5) is 0. The second kappa shape index (κ2) is 4.66. The Morgan fingerprint density at radius 3 is 2.56 bits per heavy atom. The maximum atomic E-state index is 10.5. The van der Waals surface area contributed by atoms with Crippen LogP contribution < -0.4 is 5.32 Å². The smallest absolute Gasteiger partial charge is 0.0634 e. The third kappa shape index (κ3) is 2.43. The van der Waals surface area contributed by atoms with Gasteiger partial charge in [0.15, 0.2) is 0 Å². The number of nitrogens with one attached hydrogen (secondary N) is 1. The molecule has 16 heavy (non-hydrogen) atoms. The van der Waals surface area contributed by atoms with Gasteiger partial charge in [0.25, 0.3) is 0 Å². The molecule has 0 aromatic rings. The molecule has 1 aliphatic heterocycles. The summed E-state index contributed by atoms with van der Waals surface area (Å²) in [6.45, 7) is 6.71. The molecular weight excluding hydrogens is 198 g/mol. The van der Waals surface area contributed by atoms with E-state index >= 15 is 0 Å². The highest BCUT2D eigenvalue weighted by Gasteiger charge is 2.41. The molecule has 0 aromatic carbocycles. The number of piperidine rings is 1. The number of hydrogen-bond donors (Lipinski definition) is 2. The molecule has 1 heterocycles. The van der Waals surface area contributed by atoms with Crippen LogP contribution in [-0.2, 0) is 0 Å². The molecule has 1 aliphatic carbocycles. The molecule has 94 valence electrons. The highest BCUT2D eigenvalue weighted by Crippen LogP contribution is 2.41. The van der Waals surface area contributed by atoms with Crippen molar-refractivity contribution < 1.29 is 5.11 Å². The second-order valence-corrected chi connectivity index (χ2v) is 6.59. The summed E-state index contributed by atoms with van der Waals surface area (Å²) in [7, 11) is 0. The minimum absolute atomic E-state index is 0.116. The lowest BCUT2D eigenvalue weighted by atomic mass is 9.66. The first-order chi connectivity index (χ1) is 7.50. The van der Waals surface area contributed by atoms with Crippen LogP contribution in [0.4, 0.5) is 0 Å². The summed E-state index contributed by atoms with van der Waals surface area (Å²) >= 11 is 0. The van der Waals surface area contributed by atoms with Crippen LogP contribution in [0.5, 0.6) is 0 Å². The van der Waals surface area contributed by atoms with Gasteiger partial charge < -0.3 is 10.4 Å². The minimum atomic E-state index is -0.121. The van der Waals surface area contributed by atoms with Gasteiger partial charge in [-0.2, -0.15) is 0 Å². The lowest BCUT2D eigenvalue weighted by molar-refractivity contribution is -0.0498. The van der Waals surface area contributed by atoms with Crippen molar-refractivity contribution in [3.8, 4) is 0 Å². The Bertz CT molecular complexity index is 239. The van der Waals surface area contributed by atoms with Crippen molar-refractivity contribution in [3.05, 3.63) is 0 Å². The predicted molar refractivity (Wildman–Crippen MR) is 67.4 cm³/mol. The summed E-state index contributed by atoms with van der Waals surface area (Å²) < 4.78 is 0. The van der Waals surface area contributed by atoms with Gasteiger partial charge in [0, 0.05) is 18.0 Å². The fraction of sp³-hybridized carbons (Fsp3) is 1.00. The van der Waals surface area contributed by atoms with Gasteiger partial charge in [0.2, 0.25) is 0 Å². The second-order valence-electron chi connectivity index (χ2n) is 6.59. The van der Waals surface area contributed by atoms with Crippen molar-refractivity contribution in [3.63, 3.8) is 0 Å². The summed E-state index contributed by atoms with van der Waals surface area (Å²) in [5, 5.41) is 14.2. The van der Waals surface area contributed by atoms with Crippen LogP contribution in [0.25, 0.3) is 0 Å². The van der Waals surface area contributed by atoms with Gasteiger partial charge in [0.1, 0.15) is 0 Å². The van der Waals surface area contributed by atoms with Crippen LogP contribution in [0.1, 0.15) is 59.3 Å². The molecule has 2 nitrogen and oxygen atoms in total. The van der Waals surface area contributed by atoms with E-state index in [9.17, 15) is 5.11 Å². The van der Waals surface area contributed by atoms with Crippen molar-refractivity contribution in [2.24, 2.45) is 11.3 Å². The third-order valence-electron chi connectivity index (χ3n) is 4.73.